The van der Waals surface area contributed by atoms with Gasteiger partial charge in [-0.1, -0.05) is 0 Å². The predicted molar refractivity (Wildman–Crippen MR) is 65.3 cm³/mol. The molecule has 0 saturated carbocycles. The number of aliphatic hydroxyl groups is 1. The highest BCUT2D eigenvalue weighted by Gasteiger charge is 2.13. The van der Waals surface area contributed by atoms with E-state index in [2.05, 4.69) is 10.4 Å². The number of pyridine rings is 1. The van der Waals surface area contributed by atoms with Crippen molar-refractivity contribution in [1.82, 2.24) is 9.88 Å². The number of carbonyl (C=O) groups excluding carboxylic acids is 1. The minimum Gasteiger partial charge on any atom is -0.393 e. The lowest BCUT2D eigenvalue weighted by atomic mass is 10.2. The summed E-state index contributed by atoms with van der Waals surface area (Å²) in [7, 11) is 1.68. The average molecular weight is 238 g/mol. The molecule has 1 amide bonds. The molecule has 94 valence electrons. The molecule has 1 rings (SSSR count). The molecule has 6 heteroatoms. The molecule has 1 heterocycles. The van der Waals surface area contributed by atoms with E-state index in [0.29, 0.717) is 24.3 Å². The van der Waals surface area contributed by atoms with E-state index in [0.717, 1.165) is 0 Å². The van der Waals surface area contributed by atoms with Gasteiger partial charge in [-0.2, -0.15) is 0 Å². The van der Waals surface area contributed by atoms with Crippen molar-refractivity contribution >= 4 is 11.6 Å². The summed E-state index contributed by atoms with van der Waals surface area (Å²) in [6.45, 7) is 2.19. The fourth-order valence-corrected chi connectivity index (χ4v) is 1.28. The standard InChI is InChI=1S/C11H18N4O2/c1-8(16)5-6-15(2)11(17)10-4-3-9(14-12)7-13-10/h3-4,7-8,14,16H,5-6,12H2,1-2H3. The van der Waals surface area contributed by atoms with Gasteiger partial charge in [-0.15, -0.1) is 0 Å². The lowest BCUT2D eigenvalue weighted by Gasteiger charge is -2.17. The van der Waals surface area contributed by atoms with Crippen molar-refractivity contribution in [1.29, 1.82) is 0 Å². The predicted octanol–water partition coefficient (Wildman–Crippen LogP) is 0.210. The van der Waals surface area contributed by atoms with Gasteiger partial charge in [0.25, 0.3) is 5.91 Å². The largest absolute Gasteiger partial charge is 0.393 e. The number of nitrogen functional groups attached to an aromatic ring is 1. The van der Waals surface area contributed by atoms with Crippen LogP contribution in [0.3, 0.4) is 0 Å². The summed E-state index contributed by atoms with van der Waals surface area (Å²) in [5.74, 6) is 5.03. The number of aliphatic hydroxyl groups excluding tert-OH is 1. The van der Waals surface area contributed by atoms with E-state index in [1.807, 2.05) is 0 Å². The van der Waals surface area contributed by atoms with Crippen LogP contribution in [0, 0.1) is 0 Å². The molecule has 17 heavy (non-hydrogen) atoms. The fourth-order valence-electron chi connectivity index (χ4n) is 1.28. The van der Waals surface area contributed by atoms with Crippen molar-refractivity contribution in [3.8, 4) is 0 Å². The number of aromatic nitrogens is 1. The van der Waals surface area contributed by atoms with Crippen LogP contribution >= 0.6 is 0 Å². The topological polar surface area (TPSA) is 91.5 Å². The normalized spacial score (nSPS) is 12.0. The zero-order valence-electron chi connectivity index (χ0n) is 10.1. The Morgan fingerprint density at radius 2 is 2.35 bits per heavy atom. The van der Waals surface area contributed by atoms with Crippen molar-refractivity contribution in [3.63, 3.8) is 0 Å². The number of nitrogens with one attached hydrogen (secondary N) is 1. The molecule has 0 aliphatic rings. The first kappa shape index (κ1) is 13.4. The van der Waals surface area contributed by atoms with Gasteiger partial charge < -0.3 is 15.4 Å². The van der Waals surface area contributed by atoms with E-state index >= 15 is 0 Å². The molecule has 0 radical (unpaired) electrons. The lowest BCUT2D eigenvalue weighted by Crippen LogP contribution is -2.30. The van der Waals surface area contributed by atoms with Gasteiger partial charge in [0.15, 0.2) is 0 Å². The Labute approximate surface area is 100 Å². The van der Waals surface area contributed by atoms with Gasteiger partial charge in [-0.25, -0.2) is 4.98 Å². The van der Waals surface area contributed by atoms with E-state index in [4.69, 9.17) is 10.9 Å². The maximum absolute atomic E-state index is 11.9. The number of carbonyl (C=O) groups is 1. The number of nitrogens with zero attached hydrogens (tertiary/aromatic N) is 2. The first-order chi connectivity index (χ1) is 8.04. The van der Waals surface area contributed by atoms with E-state index in [1.54, 1.807) is 26.1 Å². The summed E-state index contributed by atoms with van der Waals surface area (Å²) >= 11 is 0. The number of nitrogens with two attached hydrogens (primary N) is 1. The zero-order valence-corrected chi connectivity index (χ0v) is 10.1. The Balaban J connectivity index is 2.61. The van der Waals surface area contributed by atoms with Crippen LogP contribution in [0.25, 0.3) is 0 Å². The molecule has 0 fully saturated rings. The number of anilines is 1. The molecule has 1 unspecified atom stereocenters. The van der Waals surface area contributed by atoms with Crippen LogP contribution in [0.4, 0.5) is 5.69 Å². The smallest absolute Gasteiger partial charge is 0.272 e. The average Bonchev–Trinajstić information content (AvgIpc) is 2.35. The maximum Gasteiger partial charge on any atom is 0.272 e. The molecule has 1 aromatic heterocycles. The minimum atomic E-state index is -0.415. The van der Waals surface area contributed by atoms with Crippen molar-refractivity contribution in [2.24, 2.45) is 5.84 Å². The molecular formula is C11H18N4O2. The monoisotopic (exact) mass is 238 g/mol. The third-order valence-electron chi connectivity index (χ3n) is 2.38. The number of hydrogen-bond acceptors (Lipinski definition) is 5. The Bertz CT molecular complexity index is 364. The number of hydrogen-bond donors (Lipinski definition) is 3. The van der Waals surface area contributed by atoms with Gasteiger partial charge in [0, 0.05) is 13.6 Å². The van der Waals surface area contributed by atoms with Crippen LogP contribution in [-0.4, -0.2) is 40.6 Å². The molecule has 0 aliphatic heterocycles. The molecule has 0 saturated heterocycles. The summed E-state index contributed by atoms with van der Waals surface area (Å²) in [6.07, 6.45) is 1.63. The molecule has 0 aliphatic carbocycles. The maximum atomic E-state index is 11.9. The van der Waals surface area contributed by atoms with Gasteiger partial charge in [0.1, 0.15) is 5.69 Å². The first-order valence-corrected chi connectivity index (χ1v) is 5.40. The van der Waals surface area contributed by atoms with Gasteiger partial charge >= 0.3 is 0 Å². The third kappa shape index (κ3) is 4.01. The SMILES string of the molecule is CC(O)CCN(C)C(=O)c1ccc(NN)cn1. The van der Waals surface area contributed by atoms with E-state index in [-0.39, 0.29) is 5.91 Å². The van der Waals surface area contributed by atoms with Gasteiger partial charge in [-0.3, -0.25) is 10.6 Å². The minimum absolute atomic E-state index is 0.172. The highest BCUT2D eigenvalue weighted by Crippen LogP contribution is 2.06. The van der Waals surface area contributed by atoms with Gasteiger partial charge in [-0.05, 0) is 25.5 Å². The second-order valence-electron chi connectivity index (χ2n) is 3.94. The van der Waals surface area contributed by atoms with Crippen LogP contribution in [0.2, 0.25) is 0 Å². The summed E-state index contributed by atoms with van der Waals surface area (Å²) in [4.78, 5) is 17.4. The van der Waals surface area contributed by atoms with Crippen LogP contribution in [0.1, 0.15) is 23.8 Å². The summed E-state index contributed by atoms with van der Waals surface area (Å²) in [5.41, 5.74) is 3.45. The molecule has 1 aromatic rings. The lowest BCUT2D eigenvalue weighted by molar-refractivity contribution is 0.0763. The molecule has 4 N–H and O–H groups in total. The molecule has 1 atom stereocenters. The quantitative estimate of drug-likeness (QED) is 0.504. The fraction of sp³-hybridized carbons (Fsp3) is 0.455. The molecule has 0 aromatic carbocycles. The van der Waals surface area contributed by atoms with Crippen molar-refractivity contribution < 1.29 is 9.90 Å². The molecule has 0 spiro atoms. The summed E-state index contributed by atoms with van der Waals surface area (Å²) < 4.78 is 0. The molecule has 0 bridgehead atoms. The Hall–Kier alpha value is -1.66. The van der Waals surface area contributed by atoms with E-state index in [1.165, 1.54) is 11.1 Å². The van der Waals surface area contributed by atoms with Crippen molar-refractivity contribution in [2.75, 3.05) is 19.0 Å². The van der Waals surface area contributed by atoms with Gasteiger partial charge in [0.2, 0.25) is 0 Å². The Kier molecular flexibility index (Phi) is 4.86. The zero-order chi connectivity index (χ0) is 12.8. The van der Waals surface area contributed by atoms with Crippen LogP contribution in [0.15, 0.2) is 18.3 Å². The van der Waals surface area contributed by atoms with Crippen LogP contribution < -0.4 is 11.3 Å². The van der Waals surface area contributed by atoms with E-state index < -0.39 is 6.10 Å². The number of rotatable bonds is 5. The molecular weight excluding hydrogens is 220 g/mol. The Morgan fingerprint density at radius 1 is 1.65 bits per heavy atom. The van der Waals surface area contributed by atoms with Crippen molar-refractivity contribution in [3.05, 3.63) is 24.0 Å². The van der Waals surface area contributed by atoms with Crippen molar-refractivity contribution in [2.45, 2.75) is 19.4 Å². The summed E-state index contributed by atoms with van der Waals surface area (Å²) in [6, 6.07) is 3.29. The van der Waals surface area contributed by atoms with E-state index in [9.17, 15) is 4.79 Å². The highest BCUT2D eigenvalue weighted by atomic mass is 16.3. The first-order valence-electron chi connectivity index (χ1n) is 5.40. The second kappa shape index (κ2) is 6.17. The van der Waals surface area contributed by atoms with Gasteiger partial charge in [0.05, 0.1) is 18.0 Å². The highest BCUT2D eigenvalue weighted by molar-refractivity contribution is 5.92. The number of amides is 1. The third-order valence-corrected chi connectivity index (χ3v) is 2.38. The number of hydrazine groups is 1. The second-order valence-corrected chi connectivity index (χ2v) is 3.94. The van der Waals surface area contributed by atoms with Crippen LogP contribution in [0.5, 0.6) is 0 Å². The Morgan fingerprint density at radius 3 is 2.82 bits per heavy atom. The summed E-state index contributed by atoms with van der Waals surface area (Å²) in [5, 5.41) is 9.15. The van der Waals surface area contributed by atoms with Crippen LogP contribution in [-0.2, 0) is 0 Å². The molecule has 6 nitrogen and oxygen atoms in total.